The normalized spacial score (nSPS) is 15.6. The number of benzene rings is 1. The third kappa shape index (κ3) is 4.07. The van der Waals surface area contributed by atoms with E-state index in [0.29, 0.717) is 35.3 Å². The molecule has 0 radical (unpaired) electrons. The minimum atomic E-state index is -3.87. The van der Waals surface area contributed by atoms with E-state index in [9.17, 15) is 13.2 Å². The van der Waals surface area contributed by atoms with Crippen LogP contribution in [0.4, 0.5) is 5.13 Å². The lowest BCUT2D eigenvalue weighted by Gasteiger charge is -2.18. The maximum absolute atomic E-state index is 13.0. The molecule has 8 nitrogen and oxygen atoms in total. The molecule has 0 saturated heterocycles. The van der Waals surface area contributed by atoms with Gasteiger partial charge in [0.25, 0.3) is 0 Å². The summed E-state index contributed by atoms with van der Waals surface area (Å²) >= 11 is 0.903. The zero-order chi connectivity index (χ0) is 21.5. The molecule has 1 aliphatic carbocycles. The van der Waals surface area contributed by atoms with Crippen LogP contribution in [-0.2, 0) is 27.7 Å². The van der Waals surface area contributed by atoms with Crippen molar-refractivity contribution in [1.82, 2.24) is 9.97 Å². The second-order valence-corrected chi connectivity index (χ2v) is 9.85. The summed E-state index contributed by atoms with van der Waals surface area (Å²) < 4.78 is 29.1. The third-order valence-electron chi connectivity index (χ3n) is 4.94. The highest BCUT2D eigenvalue weighted by atomic mass is 32.2. The summed E-state index contributed by atoms with van der Waals surface area (Å²) in [6.07, 6.45) is 2.84. The van der Waals surface area contributed by atoms with Gasteiger partial charge in [0.2, 0.25) is 21.8 Å². The van der Waals surface area contributed by atoms with Crippen LogP contribution in [0.15, 0.2) is 46.8 Å². The molecule has 0 aliphatic heterocycles. The van der Waals surface area contributed by atoms with Crippen LogP contribution in [0.3, 0.4) is 0 Å². The van der Waals surface area contributed by atoms with Gasteiger partial charge in [0.05, 0.1) is 5.69 Å². The first-order valence-electron chi connectivity index (χ1n) is 9.21. The molecule has 2 aromatic heterocycles. The highest BCUT2D eigenvalue weighted by molar-refractivity contribution is 7.91. The summed E-state index contributed by atoms with van der Waals surface area (Å²) in [5.41, 5.74) is 2.44. The van der Waals surface area contributed by atoms with Gasteiger partial charge in [0, 0.05) is 25.2 Å². The molecule has 0 fully saturated rings. The summed E-state index contributed by atoms with van der Waals surface area (Å²) in [7, 11) is -2.26. The van der Waals surface area contributed by atoms with Crippen molar-refractivity contribution < 1.29 is 17.9 Å². The number of aromatic nitrogens is 2. The number of carbonyl (C=O) groups excluding carboxylic acids is 1. The topological polar surface area (TPSA) is 115 Å². The molecule has 1 unspecified atom stereocenters. The first-order chi connectivity index (χ1) is 14.2. The molecule has 0 bridgehead atoms. The second kappa shape index (κ2) is 7.78. The van der Waals surface area contributed by atoms with Crippen LogP contribution in [0.1, 0.15) is 16.8 Å². The van der Waals surface area contributed by atoms with E-state index in [2.05, 4.69) is 9.97 Å². The van der Waals surface area contributed by atoms with E-state index in [4.69, 9.17) is 9.88 Å². The molecule has 3 aromatic rings. The van der Waals surface area contributed by atoms with Crippen LogP contribution in [0, 0.1) is 12.8 Å². The Morgan fingerprint density at radius 2 is 2.00 bits per heavy atom. The highest BCUT2D eigenvalue weighted by Crippen LogP contribution is 2.34. The molecule has 1 atom stereocenters. The molecule has 30 heavy (non-hydrogen) atoms. The van der Waals surface area contributed by atoms with Crippen molar-refractivity contribution in [2.24, 2.45) is 11.1 Å². The molecule has 1 aliphatic rings. The quantitative estimate of drug-likeness (QED) is 0.647. The Morgan fingerprint density at radius 1 is 1.23 bits per heavy atom. The van der Waals surface area contributed by atoms with E-state index < -0.39 is 10.0 Å². The van der Waals surface area contributed by atoms with Crippen molar-refractivity contribution in [2.45, 2.75) is 24.0 Å². The molecule has 4 rings (SSSR count). The fourth-order valence-electron chi connectivity index (χ4n) is 3.51. The van der Waals surface area contributed by atoms with Crippen molar-refractivity contribution >= 4 is 32.4 Å². The number of sulfonamides is 1. The van der Waals surface area contributed by atoms with Crippen molar-refractivity contribution in [3.05, 3.63) is 59.4 Å². The monoisotopic (exact) mass is 444 g/mol. The number of thiazole rings is 1. The van der Waals surface area contributed by atoms with Crippen molar-refractivity contribution in [3.8, 4) is 11.6 Å². The number of hydrogen-bond acceptors (Lipinski definition) is 7. The highest BCUT2D eigenvalue weighted by Gasteiger charge is 2.32. The first kappa shape index (κ1) is 20.5. The fourth-order valence-corrected chi connectivity index (χ4v) is 5.42. The lowest BCUT2D eigenvalue weighted by Crippen LogP contribution is -2.33. The molecular weight excluding hydrogens is 424 g/mol. The van der Waals surface area contributed by atoms with E-state index in [1.807, 2.05) is 30.3 Å². The van der Waals surface area contributed by atoms with Gasteiger partial charge in [-0.05, 0) is 49.1 Å². The van der Waals surface area contributed by atoms with E-state index in [1.165, 1.54) is 4.90 Å². The number of anilines is 1. The Morgan fingerprint density at radius 3 is 2.67 bits per heavy atom. The van der Waals surface area contributed by atoms with E-state index in [1.54, 1.807) is 26.2 Å². The molecular formula is C20H20N4O4S2. The number of fused-ring (bicyclic) bond motifs is 1. The zero-order valence-electron chi connectivity index (χ0n) is 16.4. The van der Waals surface area contributed by atoms with Crippen molar-refractivity contribution in [2.75, 3.05) is 11.9 Å². The van der Waals surface area contributed by atoms with Gasteiger partial charge in [-0.25, -0.2) is 23.5 Å². The largest absolute Gasteiger partial charge is 0.439 e. The standard InChI is InChI=1S/C20H20N4O4S2/c1-12-19(30(21,26)27)29-20(23-12)24(2)18(25)15-9-13-6-7-16(11-14(13)10-15)28-17-5-3-4-8-22-17/h3-8,11,15H,9-10H2,1-2H3,(H2,21,26,27). The maximum atomic E-state index is 13.0. The summed E-state index contributed by atoms with van der Waals surface area (Å²) in [6.45, 7) is 1.56. The number of aryl methyl sites for hydroxylation is 1. The number of hydrogen-bond donors (Lipinski definition) is 1. The van der Waals surface area contributed by atoms with E-state index >= 15 is 0 Å². The van der Waals surface area contributed by atoms with Gasteiger partial charge in [-0.2, -0.15) is 0 Å². The number of carbonyl (C=O) groups is 1. The van der Waals surface area contributed by atoms with Gasteiger partial charge in [0.15, 0.2) is 9.34 Å². The minimum absolute atomic E-state index is 0.0248. The van der Waals surface area contributed by atoms with Gasteiger partial charge < -0.3 is 4.74 Å². The van der Waals surface area contributed by atoms with Gasteiger partial charge >= 0.3 is 0 Å². The lowest BCUT2D eigenvalue weighted by molar-refractivity contribution is -0.121. The number of amides is 1. The first-order valence-corrected chi connectivity index (χ1v) is 11.6. The Kier molecular flexibility index (Phi) is 5.31. The second-order valence-electron chi connectivity index (χ2n) is 7.12. The minimum Gasteiger partial charge on any atom is -0.439 e. The van der Waals surface area contributed by atoms with Crippen molar-refractivity contribution in [3.63, 3.8) is 0 Å². The number of nitrogens with two attached hydrogens (primary N) is 1. The van der Waals surface area contributed by atoms with Crippen LogP contribution in [0.25, 0.3) is 0 Å². The van der Waals surface area contributed by atoms with Crippen LogP contribution in [0.2, 0.25) is 0 Å². The molecule has 2 N–H and O–H groups in total. The summed E-state index contributed by atoms with van der Waals surface area (Å²) in [5.74, 6) is 0.806. The van der Waals surface area contributed by atoms with Crippen LogP contribution in [-0.4, -0.2) is 31.3 Å². The van der Waals surface area contributed by atoms with Gasteiger partial charge in [-0.1, -0.05) is 23.5 Å². The molecule has 156 valence electrons. The number of pyridine rings is 1. The average molecular weight is 445 g/mol. The third-order valence-corrected chi connectivity index (χ3v) is 7.73. The Hall–Kier alpha value is -2.82. The Labute approximate surface area is 178 Å². The van der Waals surface area contributed by atoms with Crippen LogP contribution < -0.4 is 14.8 Å². The molecule has 10 heteroatoms. The van der Waals surface area contributed by atoms with Gasteiger partial charge in [-0.15, -0.1) is 0 Å². The SMILES string of the molecule is Cc1nc(N(C)C(=O)C2Cc3ccc(Oc4ccccn4)cc3C2)sc1S(N)(=O)=O. The summed E-state index contributed by atoms with van der Waals surface area (Å²) in [5, 5.41) is 5.54. The van der Waals surface area contributed by atoms with Crippen LogP contribution in [0.5, 0.6) is 11.6 Å². The summed E-state index contributed by atoms with van der Waals surface area (Å²) in [4.78, 5) is 22.8. The fraction of sp³-hybridized carbons (Fsp3) is 0.250. The maximum Gasteiger partial charge on any atom is 0.249 e. The lowest BCUT2D eigenvalue weighted by atomic mass is 10.1. The number of rotatable bonds is 5. The molecule has 0 saturated carbocycles. The predicted molar refractivity (Wildman–Crippen MR) is 113 cm³/mol. The molecule has 0 spiro atoms. The average Bonchev–Trinajstić information content (AvgIpc) is 3.30. The predicted octanol–water partition coefficient (Wildman–Crippen LogP) is 2.66. The molecule has 1 amide bonds. The summed E-state index contributed by atoms with van der Waals surface area (Å²) in [6, 6.07) is 11.2. The zero-order valence-corrected chi connectivity index (χ0v) is 18.0. The molecule has 2 heterocycles. The van der Waals surface area contributed by atoms with Gasteiger partial charge in [0.1, 0.15) is 5.75 Å². The Balaban J connectivity index is 1.49. The number of nitrogens with zero attached hydrogens (tertiary/aromatic N) is 3. The van der Waals surface area contributed by atoms with E-state index in [0.717, 1.165) is 22.5 Å². The van der Waals surface area contributed by atoms with Gasteiger partial charge in [-0.3, -0.25) is 9.69 Å². The molecule has 1 aromatic carbocycles. The Bertz CT molecular complexity index is 1210. The number of ether oxygens (including phenoxy) is 1. The van der Waals surface area contributed by atoms with Crippen LogP contribution >= 0.6 is 11.3 Å². The number of primary sulfonamides is 1. The van der Waals surface area contributed by atoms with Crippen molar-refractivity contribution in [1.29, 1.82) is 0 Å². The van der Waals surface area contributed by atoms with E-state index in [-0.39, 0.29) is 16.0 Å². The smallest absolute Gasteiger partial charge is 0.249 e.